The standard InChI is InChI=1S/C25H28N2O4/c1-4-5-14-29-27-17-21-23(25(21,2)3)24(28)31-22(16-26)18-10-9-13-20(15-18)30-19-11-7-6-8-12-19/h6-13,15,17,21-23H,4-5,14H2,1-3H3/t21-,22?,23-/m0/s1. The molecule has 0 heterocycles. The number of para-hydroxylation sites is 1. The van der Waals surface area contributed by atoms with E-state index in [1.165, 1.54) is 0 Å². The molecule has 6 nitrogen and oxygen atoms in total. The third-order valence-electron chi connectivity index (χ3n) is 5.54. The van der Waals surface area contributed by atoms with Gasteiger partial charge in [-0.2, -0.15) is 5.26 Å². The molecule has 0 bridgehead atoms. The molecule has 0 amide bonds. The maximum absolute atomic E-state index is 12.8. The maximum atomic E-state index is 12.8. The van der Waals surface area contributed by atoms with Crippen LogP contribution in [0.15, 0.2) is 59.8 Å². The number of rotatable bonds is 10. The second-order valence-corrected chi connectivity index (χ2v) is 8.20. The summed E-state index contributed by atoms with van der Waals surface area (Å²) in [5, 5.41) is 13.6. The van der Waals surface area contributed by atoms with Gasteiger partial charge in [0.2, 0.25) is 6.10 Å². The molecule has 1 aliphatic rings. The Bertz CT molecular complexity index is 949. The summed E-state index contributed by atoms with van der Waals surface area (Å²) in [5.74, 6) is 0.421. The van der Waals surface area contributed by atoms with Crippen molar-refractivity contribution in [2.45, 2.75) is 39.7 Å². The van der Waals surface area contributed by atoms with Crippen LogP contribution in [0.1, 0.15) is 45.3 Å². The van der Waals surface area contributed by atoms with Gasteiger partial charge in [0.25, 0.3) is 0 Å². The van der Waals surface area contributed by atoms with E-state index < -0.39 is 12.1 Å². The predicted octanol–water partition coefficient (Wildman–Crippen LogP) is 5.66. The van der Waals surface area contributed by atoms with Gasteiger partial charge in [-0.3, -0.25) is 4.79 Å². The van der Waals surface area contributed by atoms with Crippen molar-refractivity contribution in [3.8, 4) is 17.6 Å². The molecule has 2 aromatic carbocycles. The smallest absolute Gasteiger partial charge is 0.311 e. The fraction of sp³-hybridized carbons (Fsp3) is 0.400. The summed E-state index contributed by atoms with van der Waals surface area (Å²) in [4.78, 5) is 18.0. The lowest BCUT2D eigenvalue weighted by atomic mass is 10.1. The van der Waals surface area contributed by atoms with Gasteiger partial charge in [0.1, 0.15) is 24.2 Å². The highest BCUT2D eigenvalue weighted by atomic mass is 16.6. The van der Waals surface area contributed by atoms with Crippen LogP contribution in [0.3, 0.4) is 0 Å². The van der Waals surface area contributed by atoms with Crippen molar-refractivity contribution in [1.82, 2.24) is 0 Å². The van der Waals surface area contributed by atoms with E-state index in [1.807, 2.05) is 44.2 Å². The lowest BCUT2D eigenvalue weighted by Crippen LogP contribution is -2.14. The third kappa shape index (κ3) is 5.64. The molecular formula is C25H28N2O4. The summed E-state index contributed by atoms with van der Waals surface area (Å²) in [6, 6.07) is 18.5. The first-order chi connectivity index (χ1) is 15.0. The zero-order valence-corrected chi connectivity index (χ0v) is 18.2. The minimum Gasteiger partial charge on any atom is -0.457 e. The van der Waals surface area contributed by atoms with Crippen molar-refractivity contribution in [3.63, 3.8) is 0 Å². The van der Waals surface area contributed by atoms with Gasteiger partial charge in [0, 0.05) is 17.7 Å². The van der Waals surface area contributed by atoms with Gasteiger partial charge in [0.15, 0.2) is 0 Å². The van der Waals surface area contributed by atoms with Crippen molar-refractivity contribution >= 4 is 12.2 Å². The number of esters is 1. The lowest BCUT2D eigenvalue weighted by Gasteiger charge is -2.13. The molecule has 1 saturated carbocycles. The van der Waals surface area contributed by atoms with E-state index in [9.17, 15) is 10.1 Å². The zero-order chi connectivity index (χ0) is 22.3. The number of carbonyl (C=O) groups is 1. The third-order valence-corrected chi connectivity index (χ3v) is 5.54. The largest absolute Gasteiger partial charge is 0.457 e. The first kappa shape index (κ1) is 22.4. The minimum atomic E-state index is -1.01. The number of ether oxygens (including phenoxy) is 2. The molecule has 0 saturated heterocycles. The zero-order valence-electron chi connectivity index (χ0n) is 18.2. The van der Waals surface area contributed by atoms with Crippen molar-refractivity contribution < 1.29 is 19.1 Å². The normalized spacial score (nSPS) is 19.9. The molecular weight excluding hydrogens is 392 g/mol. The fourth-order valence-electron chi connectivity index (χ4n) is 3.50. The topological polar surface area (TPSA) is 80.9 Å². The summed E-state index contributed by atoms with van der Waals surface area (Å²) in [7, 11) is 0. The molecule has 31 heavy (non-hydrogen) atoms. The van der Waals surface area contributed by atoms with Crippen LogP contribution in [0, 0.1) is 28.6 Å². The molecule has 0 radical (unpaired) electrons. The quantitative estimate of drug-likeness (QED) is 0.214. The van der Waals surface area contributed by atoms with E-state index in [0.717, 1.165) is 12.8 Å². The number of nitrogens with zero attached hydrogens (tertiary/aromatic N) is 2. The van der Waals surface area contributed by atoms with Crippen molar-refractivity contribution in [2.24, 2.45) is 22.4 Å². The summed E-state index contributed by atoms with van der Waals surface area (Å²) < 4.78 is 11.4. The van der Waals surface area contributed by atoms with Gasteiger partial charge in [-0.15, -0.1) is 0 Å². The Balaban J connectivity index is 1.62. The molecule has 1 aliphatic carbocycles. The Kier molecular flexibility index (Phi) is 7.30. The highest BCUT2D eigenvalue weighted by molar-refractivity contribution is 5.85. The van der Waals surface area contributed by atoms with E-state index in [4.69, 9.17) is 14.3 Å². The highest BCUT2D eigenvalue weighted by Crippen LogP contribution is 2.58. The van der Waals surface area contributed by atoms with Gasteiger partial charge in [-0.25, -0.2) is 0 Å². The van der Waals surface area contributed by atoms with E-state index in [1.54, 1.807) is 30.5 Å². The molecule has 1 unspecified atom stereocenters. The minimum absolute atomic E-state index is 0.0753. The SMILES string of the molecule is CCCCON=C[C@H]1[C@@H](C(=O)OC(C#N)c2cccc(Oc3ccccc3)c2)C1(C)C. The molecule has 0 spiro atoms. The molecule has 6 heteroatoms. The Morgan fingerprint density at radius 2 is 1.94 bits per heavy atom. The average molecular weight is 421 g/mol. The number of hydrogen-bond donors (Lipinski definition) is 0. The Morgan fingerprint density at radius 1 is 1.19 bits per heavy atom. The molecule has 1 fully saturated rings. The number of unbranched alkanes of at least 4 members (excludes halogenated alkanes) is 1. The van der Waals surface area contributed by atoms with Crippen molar-refractivity contribution in [2.75, 3.05) is 6.61 Å². The monoisotopic (exact) mass is 420 g/mol. The number of oxime groups is 1. The van der Waals surface area contributed by atoms with Gasteiger partial charge < -0.3 is 14.3 Å². The first-order valence-corrected chi connectivity index (χ1v) is 10.6. The summed E-state index contributed by atoms with van der Waals surface area (Å²) in [6.07, 6.45) is 2.64. The molecule has 0 aliphatic heterocycles. The number of hydrogen-bond acceptors (Lipinski definition) is 6. The highest BCUT2D eigenvalue weighted by Gasteiger charge is 2.62. The summed E-state index contributed by atoms with van der Waals surface area (Å²) in [5.41, 5.74) is 0.281. The van der Waals surface area contributed by atoms with Crippen LogP contribution in [-0.4, -0.2) is 18.8 Å². The molecule has 0 aromatic heterocycles. The Labute approximate surface area is 183 Å². The lowest BCUT2D eigenvalue weighted by molar-refractivity contribution is -0.149. The van der Waals surface area contributed by atoms with Crippen LogP contribution in [0.5, 0.6) is 11.5 Å². The van der Waals surface area contributed by atoms with Crippen LogP contribution >= 0.6 is 0 Å². The second kappa shape index (κ2) is 10.1. The molecule has 0 N–H and O–H groups in total. The van der Waals surface area contributed by atoms with Gasteiger partial charge in [0.05, 0.1) is 5.92 Å². The van der Waals surface area contributed by atoms with E-state index in [2.05, 4.69) is 18.1 Å². The molecule has 3 atom stereocenters. The number of carbonyl (C=O) groups excluding carboxylic acids is 1. The molecule has 162 valence electrons. The Morgan fingerprint density at radius 3 is 2.65 bits per heavy atom. The summed E-state index contributed by atoms with van der Waals surface area (Å²) in [6.45, 7) is 6.61. The number of benzene rings is 2. The summed E-state index contributed by atoms with van der Waals surface area (Å²) >= 11 is 0. The van der Waals surface area contributed by atoms with E-state index in [-0.39, 0.29) is 17.3 Å². The second-order valence-electron chi connectivity index (χ2n) is 8.20. The van der Waals surface area contributed by atoms with Crippen molar-refractivity contribution in [3.05, 3.63) is 60.2 Å². The van der Waals surface area contributed by atoms with Gasteiger partial charge in [-0.05, 0) is 36.1 Å². The van der Waals surface area contributed by atoms with Gasteiger partial charge >= 0.3 is 5.97 Å². The van der Waals surface area contributed by atoms with Gasteiger partial charge in [-0.1, -0.05) is 62.7 Å². The van der Waals surface area contributed by atoms with E-state index in [0.29, 0.717) is 23.7 Å². The van der Waals surface area contributed by atoms with Crippen LogP contribution in [0.2, 0.25) is 0 Å². The van der Waals surface area contributed by atoms with Crippen LogP contribution in [0.25, 0.3) is 0 Å². The first-order valence-electron chi connectivity index (χ1n) is 10.6. The van der Waals surface area contributed by atoms with E-state index >= 15 is 0 Å². The fourth-order valence-corrected chi connectivity index (χ4v) is 3.50. The van der Waals surface area contributed by atoms with Crippen LogP contribution < -0.4 is 4.74 Å². The average Bonchev–Trinajstić information content (AvgIpc) is 3.33. The maximum Gasteiger partial charge on any atom is 0.311 e. The molecule has 2 aromatic rings. The van der Waals surface area contributed by atoms with Crippen LogP contribution in [-0.2, 0) is 14.4 Å². The number of nitriles is 1. The Hall–Kier alpha value is -3.33. The van der Waals surface area contributed by atoms with Crippen LogP contribution in [0.4, 0.5) is 0 Å². The molecule has 3 rings (SSSR count). The predicted molar refractivity (Wildman–Crippen MR) is 118 cm³/mol. The van der Waals surface area contributed by atoms with Crippen molar-refractivity contribution in [1.29, 1.82) is 5.26 Å².